The fourth-order valence-corrected chi connectivity index (χ4v) is 1.56. The lowest BCUT2D eigenvalue weighted by Crippen LogP contribution is -2.17. The van der Waals surface area contributed by atoms with Crippen molar-refractivity contribution in [2.24, 2.45) is 5.84 Å². The first kappa shape index (κ1) is 14.8. The second kappa shape index (κ2) is 6.71. The molecule has 0 aliphatic rings. The standard InChI is InChI=1S/C13H18N6O2/c1-4-20-9-6-5-7-10(8-9)21-13-16-11(18-14)15-12(17-13)19(2)3/h5-8H,4,14H2,1-3H3,(H,15,16,17,18). The van der Waals surface area contributed by atoms with E-state index in [1.54, 1.807) is 17.0 Å². The number of anilines is 2. The van der Waals surface area contributed by atoms with Crippen LogP contribution in [-0.4, -0.2) is 35.7 Å². The number of nitrogens with two attached hydrogens (primary N) is 1. The van der Waals surface area contributed by atoms with Crippen LogP contribution in [-0.2, 0) is 0 Å². The minimum absolute atomic E-state index is 0.148. The van der Waals surface area contributed by atoms with Crippen molar-refractivity contribution in [3.05, 3.63) is 24.3 Å². The third-order valence-corrected chi connectivity index (χ3v) is 2.46. The van der Waals surface area contributed by atoms with E-state index in [4.69, 9.17) is 15.3 Å². The number of ether oxygens (including phenoxy) is 2. The topological polar surface area (TPSA) is 98.4 Å². The molecule has 0 bridgehead atoms. The van der Waals surface area contributed by atoms with Gasteiger partial charge in [-0.05, 0) is 19.1 Å². The molecule has 2 rings (SSSR count). The van der Waals surface area contributed by atoms with Gasteiger partial charge in [-0.3, -0.25) is 5.43 Å². The van der Waals surface area contributed by atoms with Gasteiger partial charge in [0.2, 0.25) is 11.9 Å². The molecule has 0 aliphatic heterocycles. The Bertz CT molecular complexity index is 605. The Morgan fingerprint density at radius 2 is 1.95 bits per heavy atom. The molecule has 112 valence electrons. The first-order valence-corrected chi connectivity index (χ1v) is 6.43. The third-order valence-electron chi connectivity index (χ3n) is 2.46. The molecule has 3 N–H and O–H groups in total. The van der Waals surface area contributed by atoms with E-state index in [1.165, 1.54) is 0 Å². The SMILES string of the molecule is CCOc1cccc(Oc2nc(NN)nc(N(C)C)n2)c1. The highest BCUT2D eigenvalue weighted by Gasteiger charge is 2.09. The van der Waals surface area contributed by atoms with Crippen LogP contribution in [0.1, 0.15) is 6.92 Å². The predicted octanol–water partition coefficient (Wildman–Crippen LogP) is 1.41. The van der Waals surface area contributed by atoms with Crippen LogP contribution in [0.3, 0.4) is 0 Å². The molecule has 1 aromatic carbocycles. The van der Waals surface area contributed by atoms with Gasteiger partial charge in [-0.15, -0.1) is 0 Å². The lowest BCUT2D eigenvalue weighted by molar-refractivity contribution is 0.337. The monoisotopic (exact) mass is 290 g/mol. The molecule has 0 amide bonds. The van der Waals surface area contributed by atoms with E-state index in [1.807, 2.05) is 33.2 Å². The van der Waals surface area contributed by atoms with Gasteiger partial charge in [0.1, 0.15) is 11.5 Å². The summed E-state index contributed by atoms with van der Waals surface area (Å²) < 4.78 is 11.1. The van der Waals surface area contributed by atoms with Gasteiger partial charge in [0, 0.05) is 20.2 Å². The van der Waals surface area contributed by atoms with E-state index in [0.29, 0.717) is 24.1 Å². The number of hydrogen-bond donors (Lipinski definition) is 2. The number of nitrogens with one attached hydrogen (secondary N) is 1. The molecule has 0 atom stereocenters. The Kier molecular flexibility index (Phi) is 4.72. The summed E-state index contributed by atoms with van der Waals surface area (Å²) in [7, 11) is 3.63. The first-order valence-electron chi connectivity index (χ1n) is 6.43. The Morgan fingerprint density at radius 3 is 2.62 bits per heavy atom. The molecule has 2 aromatic rings. The van der Waals surface area contributed by atoms with Crippen molar-refractivity contribution in [3.63, 3.8) is 0 Å². The van der Waals surface area contributed by atoms with Crippen LogP contribution in [0.5, 0.6) is 17.5 Å². The summed E-state index contributed by atoms with van der Waals surface area (Å²) in [5, 5.41) is 0. The van der Waals surface area contributed by atoms with Crippen molar-refractivity contribution >= 4 is 11.9 Å². The summed E-state index contributed by atoms with van der Waals surface area (Å²) in [5.74, 6) is 7.30. The second-order valence-corrected chi connectivity index (χ2v) is 4.29. The molecule has 0 spiro atoms. The molecule has 0 saturated heterocycles. The number of aromatic nitrogens is 3. The van der Waals surface area contributed by atoms with Gasteiger partial charge >= 0.3 is 6.01 Å². The van der Waals surface area contributed by atoms with E-state index in [0.717, 1.165) is 0 Å². The Morgan fingerprint density at radius 1 is 1.19 bits per heavy atom. The molecule has 21 heavy (non-hydrogen) atoms. The molecule has 1 aromatic heterocycles. The molecule has 0 saturated carbocycles. The number of nitrogen functional groups attached to an aromatic ring is 1. The number of rotatable bonds is 6. The average molecular weight is 290 g/mol. The fraction of sp³-hybridized carbons (Fsp3) is 0.308. The maximum absolute atomic E-state index is 5.63. The van der Waals surface area contributed by atoms with Crippen molar-refractivity contribution in [2.45, 2.75) is 6.92 Å². The average Bonchev–Trinajstić information content (AvgIpc) is 2.47. The normalized spacial score (nSPS) is 10.1. The number of benzene rings is 1. The summed E-state index contributed by atoms with van der Waals surface area (Å²) in [6.45, 7) is 2.50. The highest BCUT2D eigenvalue weighted by molar-refractivity contribution is 5.38. The predicted molar refractivity (Wildman–Crippen MR) is 79.6 cm³/mol. The van der Waals surface area contributed by atoms with Gasteiger partial charge in [0.25, 0.3) is 0 Å². The van der Waals surface area contributed by atoms with Gasteiger partial charge in [-0.25, -0.2) is 5.84 Å². The molecular weight excluding hydrogens is 272 g/mol. The smallest absolute Gasteiger partial charge is 0.328 e. The van der Waals surface area contributed by atoms with Crippen molar-refractivity contribution in [2.75, 3.05) is 31.0 Å². The lowest BCUT2D eigenvalue weighted by Gasteiger charge is -2.12. The van der Waals surface area contributed by atoms with Crippen LogP contribution in [0, 0.1) is 0 Å². The largest absolute Gasteiger partial charge is 0.494 e. The number of nitrogens with zero attached hydrogens (tertiary/aromatic N) is 4. The second-order valence-electron chi connectivity index (χ2n) is 4.29. The highest BCUT2D eigenvalue weighted by Crippen LogP contribution is 2.24. The number of hydrogen-bond acceptors (Lipinski definition) is 8. The molecule has 1 heterocycles. The van der Waals surface area contributed by atoms with Gasteiger partial charge in [-0.1, -0.05) is 6.07 Å². The summed E-state index contributed by atoms with van der Waals surface area (Å²) in [4.78, 5) is 14.1. The maximum atomic E-state index is 5.63. The molecule has 0 radical (unpaired) electrons. The highest BCUT2D eigenvalue weighted by atomic mass is 16.5. The summed E-state index contributed by atoms with van der Waals surface area (Å²) in [6, 6.07) is 7.38. The van der Waals surface area contributed by atoms with Crippen LogP contribution in [0.15, 0.2) is 24.3 Å². The van der Waals surface area contributed by atoms with Gasteiger partial charge < -0.3 is 14.4 Å². The zero-order valence-electron chi connectivity index (χ0n) is 12.2. The van der Waals surface area contributed by atoms with Gasteiger partial charge in [0.15, 0.2) is 0 Å². The quantitative estimate of drug-likeness (QED) is 0.608. The van der Waals surface area contributed by atoms with E-state index in [9.17, 15) is 0 Å². The first-order chi connectivity index (χ1) is 10.1. The summed E-state index contributed by atoms with van der Waals surface area (Å²) in [6.07, 6.45) is 0. The van der Waals surface area contributed by atoms with E-state index in [-0.39, 0.29) is 12.0 Å². The van der Waals surface area contributed by atoms with Crippen LogP contribution in [0.25, 0.3) is 0 Å². The number of hydrazine groups is 1. The van der Waals surface area contributed by atoms with E-state index >= 15 is 0 Å². The van der Waals surface area contributed by atoms with Gasteiger partial charge in [-0.2, -0.15) is 15.0 Å². The van der Waals surface area contributed by atoms with Crippen LogP contribution >= 0.6 is 0 Å². The summed E-state index contributed by atoms with van der Waals surface area (Å²) in [5.41, 5.74) is 2.39. The molecule has 8 heteroatoms. The minimum Gasteiger partial charge on any atom is -0.494 e. The third kappa shape index (κ3) is 3.93. The van der Waals surface area contributed by atoms with Crippen molar-refractivity contribution < 1.29 is 9.47 Å². The van der Waals surface area contributed by atoms with Crippen LogP contribution < -0.4 is 25.6 Å². The van der Waals surface area contributed by atoms with Crippen LogP contribution in [0.2, 0.25) is 0 Å². The van der Waals surface area contributed by atoms with E-state index in [2.05, 4.69) is 20.4 Å². The van der Waals surface area contributed by atoms with Crippen molar-refractivity contribution in [3.8, 4) is 17.5 Å². The summed E-state index contributed by atoms with van der Waals surface area (Å²) >= 11 is 0. The van der Waals surface area contributed by atoms with Gasteiger partial charge in [0.05, 0.1) is 6.61 Å². The zero-order chi connectivity index (χ0) is 15.2. The molecule has 0 fully saturated rings. The van der Waals surface area contributed by atoms with Crippen molar-refractivity contribution in [1.82, 2.24) is 15.0 Å². The fourth-order valence-electron chi connectivity index (χ4n) is 1.56. The molecular formula is C13H18N6O2. The Balaban J connectivity index is 2.26. The zero-order valence-corrected chi connectivity index (χ0v) is 12.2. The molecule has 8 nitrogen and oxygen atoms in total. The Hall–Kier alpha value is -2.61. The van der Waals surface area contributed by atoms with Crippen LogP contribution in [0.4, 0.5) is 11.9 Å². The van der Waals surface area contributed by atoms with Crippen molar-refractivity contribution in [1.29, 1.82) is 0 Å². The molecule has 0 aliphatic carbocycles. The van der Waals surface area contributed by atoms with E-state index < -0.39 is 0 Å². The lowest BCUT2D eigenvalue weighted by atomic mass is 10.3. The minimum atomic E-state index is 0.148. The maximum Gasteiger partial charge on any atom is 0.328 e. The molecule has 0 unspecified atom stereocenters. The Labute approximate surface area is 122 Å².